The number of fused-ring (bicyclic) bond motifs is 6. The second kappa shape index (κ2) is 9.07. The third-order valence-electron chi connectivity index (χ3n) is 10.1. The molecule has 1 aromatic carbocycles. The van der Waals surface area contributed by atoms with Gasteiger partial charge in [0.05, 0.1) is 22.6 Å². The lowest BCUT2D eigenvalue weighted by Crippen LogP contribution is -2.49. The number of likely N-dealkylation sites (tertiary alicyclic amines) is 1. The number of aliphatic hydroxyl groups is 1. The van der Waals surface area contributed by atoms with Gasteiger partial charge in [0, 0.05) is 44.7 Å². The van der Waals surface area contributed by atoms with Crippen LogP contribution in [0.25, 0.3) is 10.1 Å². The van der Waals surface area contributed by atoms with Crippen molar-refractivity contribution in [1.82, 2.24) is 14.2 Å². The highest BCUT2D eigenvalue weighted by Crippen LogP contribution is 2.56. The highest BCUT2D eigenvalue weighted by atomic mass is 32.1. The Kier molecular flexibility index (Phi) is 5.82. The van der Waals surface area contributed by atoms with Crippen molar-refractivity contribution in [2.24, 2.45) is 35.5 Å². The number of benzene rings is 1. The summed E-state index contributed by atoms with van der Waals surface area (Å²) in [6, 6.07) is 8.49. The van der Waals surface area contributed by atoms with Crippen LogP contribution in [0.3, 0.4) is 0 Å². The Hall–Kier alpha value is -2.03. The predicted molar refractivity (Wildman–Crippen MR) is 140 cm³/mol. The molecule has 5 aliphatic rings. The van der Waals surface area contributed by atoms with E-state index in [9.17, 15) is 14.7 Å². The lowest BCUT2D eigenvalue weighted by atomic mass is 9.78. The lowest BCUT2D eigenvalue weighted by molar-refractivity contribution is -0.142. The number of carbonyl (C=O) groups is 2. The van der Waals surface area contributed by atoms with Gasteiger partial charge in [-0.05, 0) is 73.0 Å². The Bertz CT molecular complexity index is 1160. The number of piperazine rings is 1. The summed E-state index contributed by atoms with van der Waals surface area (Å²) in [5, 5.41) is 11.6. The SMILES string of the molecule is O=C1[C@@H]2[C@@H]3C[C@H](C[C@H]3O)[C@@H]2C(=O)N1C[C@@H]1CCCC[C@H]1CN1CCN(c2nsc3ccccc23)CC1. The molecule has 3 saturated carbocycles. The van der Waals surface area contributed by atoms with Crippen molar-refractivity contribution in [1.29, 1.82) is 0 Å². The van der Waals surface area contributed by atoms with Crippen LogP contribution in [0.1, 0.15) is 38.5 Å². The molecule has 2 aliphatic heterocycles. The Morgan fingerprint density at radius 2 is 1.64 bits per heavy atom. The zero-order valence-electron chi connectivity index (χ0n) is 20.8. The summed E-state index contributed by atoms with van der Waals surface area (Å²) in [6.45, 7) is 5.69. The average molecular weight is 509 g/mol. The standard InChI is InChI=1S/C28H36N4O3S/c33-22-14-19-13-21(22)25-24(19)27(34)32(28(25)35)16-18-6-2-1-5-17(18)15-30-9-11-31(12-10-30)26-20-7-3-4-8-23(20)36-29-26/h3-4,7-8,17-19,21-22,24-25,33H,1-2,5-6,9-16H2/t17-,18-,19+,21+,22+,24-,25+/m0/s1. The second-order valence-electron chi connectivity index (χ2n) is 11.9. The third-order valence-corrected chi connectivity index (χ3v) is 10.9. The molecule has 0 unspecified atom stereocenters. The summed E-state index contributed by atoms with van der Waals surface area (Å²) >= 11 is 1.58. The maximum absolute atomic E-state index is 13.3. The first-order chi connectivity index (χ1) is 17.6. The molecule has 8 heteroatoms. The van der Waals surface area contributed by atoms with Crippen molar-refractivity contribution in [3.8, 4) is 0 Å². The van der Waals surface area contributed by atoms with E-state index in [4.69, 9.17) is 4.37 Å². The highest BCUT2D eigenvalue weighted by Gasteiger charge is 2.63. The van der Waals surface area contributed by atoms with Gasteiger partial charge in [0.15, 0.2) is 0 Å². The quantitative estimate of drug-likeness (QED) is 0.625. The summed E-state index contributed by atoms with van der Waals surface area (Å²) in [4.78, 5) is 33.3. The fourth-order valence-corrected chi connectivity index (χ4v) is 9.04. The Labute approximate surface area is 216 Å². The summed E-state index contributed by atoms with van der Waals surface area (Å²) in [6.07, 6.45) is 5.90. The van der Waals surface area contributed by atoms with Crippen LogP contribution in [0, 0.1) is 35.5 Å². The molecule has 3 heterocycles. The Morgan fingerprint density at radius 3 is 2.44 bits per heavy atom. The number of aliphatic hydroxyl groups excluding tert-OH is 1. The fraction of sp³-hybridized carbons (Fsp3) is 0.679. The number of nitrogens with zero attached hydrogens (tertiary/aromatic N) is 4. The van der Waals surface area contributed by atoms with Crippen molar-refractivity contribution in [2.75, 3.05) is 44.2 Å². The monoisotopic (exact) mass is 508 g/mol. The van der Waals surface area contributed by atoms with Gasteiger partial charge in [0.1, 0.15) is 5.82 Å². The number of rotatable bonds is 5. The molecule has 0 radical (unpaired) electrons. The van der Waals surface area contributed by atoms with Crippen molar-refractivity contribution in [3.63, 3.8) is 0 Å². The molecule has 1 N–H and O–H groups in total. The number of carbonyl (C=O) groups excluding carboxylic acids is 2. The minimum absolute atomic E-state index is 0.00901. The highest BCUT2D eigenvalue weighted by molar-refractivity contribution is 7.13. The van der Waals surface area contributed by atoms with E-state index in [1.807, 2.05) is 0 Å². The molecule has 7 atom stereocenters. The van der Waals surface area contributed by atoms with Gasteiger partial charge >= 0.3 is 0 Å². The summed E-state index contributed by atoms with van der Waals surface area (Å²) in [5.74, 6) is 1.97. The number of imide groups is 1. The molecule has 1 aromatic heterocycles. The number of amides is 2. The van der Waals surface area contributed by atoms with Crippen molar-refractivity contribution >= 4 is 39.3 Å². The number of aromatic nitrogens is 1. The molecule has 36 heavy (non-hydrogen) atoms. The van der Waals surface area contributed by atoms with Crippen LogP contribution in [0.4, 0.5) is 5.82 Å². The van der Waals surface area contributed by atoms with Crippen LogP contribution in [-0.2, 0) is 9.59 Å². The van der Waals surface area contributed by atoms with Crippen LogP contribution < -0.4 is 4.90 Å². The summed E-state index contributed by atoms with van der Waals surface area (Å²) in [7, 11) is 0. The Balaban J connectivity index is 0.988. The first-order valence-electron chi connectivity index (χ1n) is 13.9. The number of hydrogen-bond acceptors (Lipinski definition) is 7. The molecule has 192 valence electrons. The van der Waals surface area contributed by atoms with E-state index in [0.717, 1.165) is 51.4 Å². The van der Waals surface area contributed by atoms with Crippen LogP contribution in [0.2, 0.25) is 0 Å². The van der Waals surface area contributed by atoms with E-state index in [1.54, 1.807) is 16.4 Å². The molecule has 2 amide bonds. The lowest BCUT2D eigenvalue weighted by Gasteiger charge is -2.40. The zero-order chi connectivity index (χ0) is 24.4. The van der Waals surface area contributed by atoms with Crippen LogP contribution in [0.15, 0.2) is 24.3 Å². The van der Waals surface area contributed by atoms with Crippen molar-refractivity contribution in [3.05, 3.63) is 24.3 Å². The van der Waals surface area contributed by atoms with Crippen molar-refractivity contribution < 1.29 is 14.7 Å². The molecule has 2 saturated heterocycles. The van der Waals surface area contributed by atoms with E-state index in [2.05, 4.69) is 34.1 Å². The number of hydrogen-bond donors (Lipinski definition) is 1. The minimum atomic E-state index is -0.392. The molecule has 2 aromatic rings. The molecular weight excluding hydrogens is 472 g/mol. The second-order valence-corrected chi connectivity index (χ2v) is 12.7. The third kappa shape index (κ3) is 3.71. The predicted octanol–water partition coefficient (Wildman–Crippen LogP) is 3.23. The molecule has 2 bridgehead atoms. The topological polar surface area (TPSA) is 77.0 Å². The van der Waals surface area contributed by atoms with Crippen LogP contribution >= 0.6 is 11.5 Å². The first kappa shape index (κ1) is 23.1. The zero-order valence-corrected chi connectivity index (χ0v) is 21.6. The van der Waals surface area contributed by atoms with Gasteiger partial charge in [0.2, 0.25) is 11.8 Å². The van der Waals surface area contributed by atoms with Gasteiger partial charge in [0.25, 0.3) is 0 Å². The molecule has 7 nitrogen and oxygen atoms in total. The van der Waals surface area contributed by atoms with Gasteiger partial charge < -0.3 is 10.0 Å². The largest absolute Gasteiger partial charge is 0.393 e. The van der Waals surface area contributed by atoms with Gasteiger partial charge in [-0.15, -0.1) is 0 Å². The van der Waals surface area contributed by atoms with E-state index in [0.29, 0.717) is 24.8 Å². The maximum atomic E-state index is 13.3. The average Bonchev–Trinajstić information content (AvgIpc) is 3.64. The fourth-order valence-electron chi connectivity index (χ4n) is 8.24. The van der Waals surface area contributed by atoms with Crippen LogP contribution in [0.5, 0.6) is 0 Å². The minimum Gasteiger partial charge on any atom is -0.393 e. The summed E-state index contributed by atoms with van der Waals surface area (Å²) in [5.41, 5.74) is 0. The van der Waals surface area contributed by atoms with E-state index in [1.165, 1.54) is 29.3 Å². The van der Waals surface area contributed by atoms with Gasteiger partial charge in [-0.1, -0.05) is 25.0 Å². The van der Waals surface area contributed by atoms with Gasteiger partial charge in [-0.2, -0.15) is 4.37 Å². The van der Waals surface area contributed by atoms with Gasteiger partial charge in [-0.25, -0.2) is 0 Å². The smallest absolute Gasteiger partial charge is 0.233 e. The van der Waals surface area contributed by atoms with Crippen LogP contribution in [-0.4, -0.2) is 76.5 Å². The van der Waals surface area contributed by atoms with E-state index in [-0.39, 0.29) is 35.5 Å². The van der Waals surface area contributed by atoms with E-state index >= 15 is 0 Å². The summed E-state index contributed by atoms with van der Waals surface area (Å²) < 4.78 is 6.00. The van der Waals surface area contributed by atoms with Crippen molar-refractivity contribution in [2.45, 2.75) is 44.6 Å². The molecule has 3 aliphatic carbocycles. The molecule has 7 rings (SSSR count). The first-order valence-corrected chi connectivity index (χ1v) is 14.7. The van der Waals surface area contributed by atoms with E-state index < -0.39 is 6.10 Å². The van der Waals surface area contributed by atoms with Gasteiger partial charge in [-0.3, -0.25) is 19.4 Å². The molecule has 0 spiro atoms. The normalized spacial score (nSPS) is 36.9. The molecular formula is C28H36N4O3S. The Morgan fingerprint density at radius 1 is 0.917 bits per heavy atom. The molecule has 5 fully saturated rings. The maximum Gasteiger partial charge on any atom is 0.233 e. The number of anilines is 1.